The molecule has 5 heteroatoms. The first-order chi connectivity index (χ1) is 10.6. The summed E-state index contributed by atoms with van der Waals surface area (Å²) in [7, 11) is 3.19. The Balaban J connectivity index is 2.11. The van der Waals surface area contributed by atoms with Crippen LogP contribution in [0.4, 0.5) is 0 Å². The van der Waals surface area contributed by atoms with Crippen molar-refractivity contribution >= 4 is 17.5 Å². The van der Waals surface area contributed by atoms with Gasteiger partial charge in [-0.3, -0.25) is 4.79 Å². The van der Waals surface area contributed by atoms with Crippen LogP contribution in [-0.2, 0) is 11.2 Å². The van der Waals surface area contributed by atoms with Gasteiger partial charge in [0.05, 0.1) is 26.7 Å². The fourth-order valence-electron chi connectivity index (χ4n) is 2.74. The van der Waals surface area contributed by atoms with E-state index in [2.05, 4.69) is 5.32 Å². The zero-order valence-electron chi connectivity index (χ0n) is 12.4. The second-order valence-corrected chi connectivity index (χ2v) is 5.57. The molecule has 2 aromatic carbocycles. The Hall–Kier alpha value is -2.20. The Labute approximate surface area is 134 Å². The molecule has 1 amide bonds. The smallest absolute Gasteiger partial charge is 0.225 e. The van der Waals surface area contributed by atoms with Gasteiger partial charge in [-0.05, 0) is 41.0 Å². The minimum absolute atomic E-state index is 0.0142. The number of halogens is 1. The second-order valence-electron chi connectivity index (χ2n) is 5.13. The van der Waals surface area contributed by atoms with E-state index in [1.54, 1.807) is 14.2 Å². The Morgan fingerprint density at radius 3 is 2.36 bits per heavy atom. The molecule has 1 N–H and O–H groups in total. The molecule has 22 heavy (non-hydrogen) atoms. The molecule has 0 bridgehead atoms. The zero-order valence-corrected chi connectivity index (χ0v) is 13.1. The van der Waals surface area contributed by atoms with Crippen LogP contribution in [0.25, 0.3) is 0 Å². The van der Waals surface area contributed by atoms with Gasteiger partial charge >= 0.3 is 0 Å². The van der Waals surface area contributed by atoms with Gasteiger partial charge in [0.25, 0.3) is 0 Å². The minimum Gasteiger partial charge on any atom is -0.493 e. The number of hydrogen-bond acceptors (Lipinski definition) is 3. The van der Waals surface area contributed by atoms with Gasteiger partial charge in [-0.2, -0.15) is 0 Å². The summed E-state index contributed by atoms with van der Waals surface area (Å²) in [5.74, 6) is 1.27. The van der Waals surface area contributed by atoms with Crippen molar-refractivity contribution in [3.8, 4) is 11.5 Å². The summed E-state index contributed by atoms with van der Waals surface area (Å²) in [6.07, 6.45) is 0.333. The summed E-state index contributed by atoms with van der Waals surface area (Å²) < 4.78 is 10.7. The molecule has 0 saturated carbocycles. The van der Waals surface area contributed by atoms with Gasteiger partial charge in [-0.25, -0.2) is 0 Å². The first kappa shape index (κ1) is 14.7. The highest BCUT2D eigenvalue weighted by atomic mass is 35.5. The molecule has 114 valence electrons. The molecule has 4 nitrogen and oxygen atoms in total. The molecule has 0 aromatic heterocycles. The molecule has 1 aliphatic heterocycles. The van der Waals surface area contributed by atoms with E-state index in [9.17, 15) is 4.79 Å². The first-order valence-electron chi connectivity index (χ1n) is 6.92. The van der Waals surface area contributed by atoms with Crippen LogP contribution >= 0.6 is 11.6 Å². The Morgan fingerprint density at radius 1 is 1.09 bits per heavy atom. The number of rotatable bonds is 3. The van der Waals surface area contributed by atoms with Gasteiger partial charge in [-0.1, -0.05) is 23.7 Å². The molecular weight excluding hydrogens is 302 g/mol. The van der Waals surface area contributed by atoms with Crippen LogP contribution in [0.15, 0.2) is 36.4 Å². The third-order valence-corrected chi connectivity index (χ3v) is 4.07. The van der Waals surface area contributed by atoms with Gasteiger partial charge in [0.15, 0.2) is 11.5 Å². The summed E-state index contributed by atoms with van der Waals surface area (Å²) in [4.78, 5) is 12.0. The highest BCUT2D eigenvalue weighted by Gasteiger charge is 2.27. The number of hydrogen-bond donors (Lipinski definition) is 1. The van der Waals surface area contributed by atoms with E-state index >= 15 is 0 Å². The predicted molar refractivity (Wildman–Crippen MR) is 84.7 cm³/mol. The standard InChI is InChI=1S/C17H16ClNO3/c1-21-14-7-11-8-16(20)19-17(13(11)9-15(14)22-2)10-3-5-12(18)6-4-10/h3-7,9,17H,8H2,1-2H3,(H,19,20). The fraction of sp³-hybridized carbons (Fsp3) is 0.235. The van der Waals surface area contributed by atoms with E-state index in [1.165, 1.54) is 0 Å². The number of nitrogens with one attached hydrogen (secondary N) is 1. The third kappa shape index (κ3) is 2.62. The predicted octanol–water partition coefficient (Wildman–Crippen LogP) is 3.12. The molecule has 1 heterocycles. The summed E-state index contributed by atoms with van der Waals surface area (Å²) in [5, 5.41) is 3.68. The van der Waals surface area contributed by atoms with Crippen LogP contribution in [0.5, 0.6) is 11.5 Å². The van der Waals surface area contributed by atoms with Crippen molar-refractivity contribution in [1.82, 2.24) is 5.32 Å². The molecule has 3 rings (SSSR count). The minimum atomic E-state index is -0.215. The Kier molecular flexibility index (Phi) is 3.94. The first-order valence-corrected chi connectivity index (χ1v) is 7.30. The highest BCUT2D eigenvalue weighted by Crippen LogP contribution is 2.37. The second kappa shape index (κ2) is 5.89. The van der Waals surface area contributed by atoms with Crippen molar-refractivity contribution in [3.63, 3.8) is 0 Å². The lowest BCUT2D eigenvalue weighted by atomic mass is 9.89. The number of ether oxygens (including phenoxy) is 2. The number of amides is 1. The zero-order chi connectivity index (χ0) is 15.7. The summed E-state index contributed by atoms with van der Waals surface area (Å²) >= 11 is 5.94. The molecule has 0 saturated heterocycles. The molecule has 2 aromatic rings. The van der Waals surface area contributed by atoms with Crippen molar-refractivity contribution in [3.05, 3.63) is 58.1 Å². The monoisotopic (exact) mass is 317 g/mol. The number of benzene rings is 2. The Morgan fingerprint density at radius 2 is 1.73 bits per heavy atom. The maximum absolute atomic E-state index is 12.0. The SMILES string of the molecule is COc1cc2c(cc1OC)C(c1ccc(Cl)cc1)NC(=O)C2. The molecule has 1 unspecified atom stereocenters. The molecule has 0 fully saturated rings. The lowest BCUT2D eigenvalue weighted by Crippen LogP contribution is -2.35. The molecule has 0 radical (unpaired) electrons. The molecule has 0 spiro atoms. The molecule has 1 atom stereocenters. The van der Waals surface area contributed by atoms with Crippen molar-refractivity contribution in [2.45, 2.75) is 12.5 Å². The van der Waals surface area contributed by atoms with E-state index in [0.29, 0.717) is 22.9 Å². The molecule has 0 aliphatic carbocycles. The van der Waals surface area contributed by atoms with Crippen LogP contribution in [0.2, 0.25) is 5.02 Å². The van der Waals surface area contributed by atoms with E-state index in [0.717, 1.165) is 16.7 Å². The van der Waals surface area contributed by atoms with Crippen LogP contribution in [0, 0.1) is 0 Å². The summed E-state index contributed by atoms with van der Waals surface area (Å²) in [6, 6.07) is 11.0. The van der Waals surface area contributed by atoms with E-state index < -0.39 is 0 Å². The van der Waals surface area contributed by atoms with Crippen molar-refractivity contribution in [2.24, 2.45) is 0 Å². The van der Waals surface area contributed by atoms with Crippen molar-refractivity contribution < 1.29 is 14.3 Å². The maximum Gasteiger partial charge on any atom is 0.225 e. The van der Waals surface area contributed by atoms with Crippen LogP contribution in [0.3, 0.4) is 0 Å². The Bertz CT molecular complexity index is 713. The average molecular weight is 318 g/mol. The maximum atomic E-state index is 12.0. The quantitative estimate of drug-likeness (QED) is 0.946. The summed E-state index contributed by atoms with van der Waals surface area (Å²) in [5.41, 5.74) is 2.94. The van der Waals surface area contributed by atoms with Crippen LogP contribution in [-0.4, -0.2) is 20.1 Å². The lowest BCUT2D eigenvalue weighted by molar-refractivity contribution is -0.121. The average Bonchev–Trinajstić information content (AvgIpc) is 2.53. The van der Waals surface area contributed by atoms with E-state index in [-0.39, 0.29) is 11.9 Å². The summed E-state index contributed by atoms with van der Waals surface area (Å²) in [6.45, 7) is 0. The van der Waals surface area contributed by atoms with Gasteiger partial charge in [0.1, 0.15) is 0 Å². The fourth-order valence-corrected chi connectivity index (χ4v) is 2.87. The largest absolute Gasteiger partial charge is 0.493 e. The number of carbonyl (C=O) groups is 1. The number of methoxy groups -OCH3 is 2. The van der Waals surface area contributed by atoms with E-state index in [1.807, 2.05) is 36.4 Å². The lowest BCUT2D eigenvalue weighted by Gasteiger charge is -2.28. The molecular formula is C17H16ClNO3. The van der Waals surface area contributed by atoms with Crippen LogP contribution < -0.4 is 14.8 Å². The normalized spacial score (nSPS) is 16.7. The van der Waals surface area contributed by atoms with Crippen molar-refractivity contribution in [1.29, 1.82) is 0 Å². The van der Waals surface area contributed by atoms with Gasteiger partial charge in [-0.15, -0.1) is 0 Å². The van der Waals surface area contributed by atoms with E-state index in [4.69, 9.17) is 21.1 Å². The van der Waals surface area contributed by atoms with Crippen LogP contribution in [0.1, 0.15) is 22.7 Å². The van der Waals surface area contributed by atoms with Gasteiger partial charge in [0, 0.05) is 5.02 Å². The van der Waals surface area contributed by atoms with Gasteiger partial charge < -0.3 is 14.8 Å². The molecule has 1 aliphatic rings. The third-order valence-electron chi connectivity index (χ3n) is 3.82. The number of fused-ring (bicyclic) bond motifs is 1. The van der Waals surface area contributed by atoms with Gasteiger partial charge in [0.2, 0.25) is 5.91 Å². The van der Waals surface area contributed by atoms with Crippen molar-refractivity contribution in [2.75, 3.05) is 14.2 Å². The number of carbonyl (C=O) groups excluding carboxylic acids is 1. The highest BCUT2D eigenvalue weighted by molar-refractivity contribution is 6.30. The topological polar surface area (TPSA) is 47.6 Å².